The summed E-state index contributed by atoms with van der Waals surface area (Å²) in [6.45, 7) is 3.98. The molecule has 0 spiro atoms. The third-order valence-electron chi connectivity index (χ3n) is 1.18. The lowest BCUT2D eigenvalue weighted by molar-refractivity contribution is -0.120. The fourth-order valence-corrected chi connectivity index (χ4v) is 0.860. The Morgan fingerprint density at radius 3 is 2.40 bits per heavy atom. The number of hydrogen-bond acceptors (Lipinski definition) is 2. The van der Waals surface area contributed by atoms with E-state index in [0.717, 1.165) is 0 Å². The van der Waals surface area contributed by atoms with Crippen LogP contribution in [-0.2, 0) is 4.79 Å². The van der Waals surface area contributed by atoms with Gasteiger partial charge in [0.2, 0.25) is 5.91 Å². The fraction of sp³-hybridized carbons (Fsp3) is 0.857. The molecule has 0 heterocycles. The first-order chi connectivity index (χ1) is 4.52. The topological polar surface area (TPSA) is 63.3 Å². The molecular formula is C7H15NO2. The lowest BCUT2D eigenvalue weighted by atomic mass is 10.0. The number of carbonyl (C=O) groups is 1. The summed E-state index contributed by atoms with van der Waals surface area (Å²) in [6, 6.07) is 0. The van der Waals surface area contributed by atoms with Crippen LogP contribution < -0.4 is 5.73 Å². The van der Waals surface area contributed by atoms with Crippen molar-refractivity contribution in [2.24, 2.45) is 11.7 Å². The maximum atomic E-state index is 10.3. The highest BCUT2D eigenvalue weighted by Gasteiger charge is 2.08. The summed E-state index contributed by atoms with van der Waals surface area (Å²) in [7, 11) is 0. The predicted octanol–water partition coefficient (Wildman–Crippen LogP) is 0.269. The monoisotopic (exact) mass is 145 g/mol. The summed E-state index contributed by atoms with van der Waals surface area (Å²) in [5.74, 6) is -0.0255. The molecule has 3 nitrogen and oxygen atoms in total. The first-order valence-corrected chi connectivity index (χ1v) is 3.48. The molecule has 0 fully saturated rings. The number of hydrogen-bond donors (Lipinski definition) is 2. The summed E-state index contributed by atoms with van der Waals surface area (Å²) in [5, 5.41) is 9.09. The molecule has 0 aromatic rings. The zero-order chi connectivity index (χ0) is 8.15. The van der Waals surface area contributed by atoms with Crippen molar-refractivity contribution in [2.75, 3.05) is 0 Å². The molecule has 3 heteroatoms. The molecule has 0 saturated carbocycles. The van der Waals surface area contributed by atoms with Crippen LogP contribution in [0.15, 0.2) is 0 Å². The Kier molecular flexibility index (Phi) is 4.03. The van der Waals surface area contributed by atoms with Gasteiger partial charge in [0.05, 0.1) is 12.5 Å². The summed E-state index contributed by atoms with van der Waals surface area (Å²) >= 11 is 0. The van der Waals surface area contributed by atoms with Crippen molar-refractivity contribution in [3.8, 4) is 0 Å². The van der Waals surface area contributed by atoms with Gasteiger partial charge in [0.25, 0.3) is 0 Å². The zero-order valence-electron chi connectivity index (χ0n) is 6.50. The molecule has 1 atom stereocenters. The number of amides is 1. The quantitative estimate of drug-likeness (QED) is 0.596. The van der Waals surface area contributed by atoms with Crippen LogP contribution in [-0.4, -0.2) is 17.1 Å². The first-order valence-electron chi connectivity index (χ1n) is 3.48. The highest BCUT2D eigenvalue weighted by molar-refractivity contribution is 5.74. The van der Waals surface area contributed by atoms with Crippen LogP contribution in [0.5, 0.6) is 0 Å². The number of aliphatic hydroxyl groups is 1. The molecule has 0 aromatic carbocycles. The number of carbonyl (C=O) groups excluding carboxylic acids is 1. The minimum atomic E-state index is -0.558. The third-order valence-corrected chi connectivity index (χ3v) is 1.18. The number of primary amides is 1. The van der Waals surface area contributed by atoms with Gasteiger partial charge in [0.1, 0.15) is 0 Å². The van der Waals surface area contributed by atoms with Crippen molar-refractivity contribution in [3.63, 3.8) is 0 Å². The highest BCUT2D eigenvalue weighted by atomic mass is 16.3. The molecule has 0 bridgehead atoms. The van der Waals surface area contributed by atoms with Gasteiger partial charge in [-0.3, -0.25) is 4.79 Å². The molecule has 10 heavy (non-hydrogen) atoms. The maximum Gasteiger partial charge on any atom is 0.220 e. The second kappa shape index (κ2) is 4.28. The molecule has 0 rings (SSSR count). The minimum absolute atomic E-state index is 0.0815. The van der Waals surface area contributed by atoms with Gasteiger partial charge in [0, 0.05) is 0 Å². The van der Waals surface area contributed by atoms with Crippen LogP contribution in [0.1, 0.15) is 26.7 Å². The highest BCUT2D eigenvalue weighted by Crippen LogP contribution is 2.06. The molecule has 3 N–H and O–H groups in total. The Hall–Kier alpha value is -0.570. The van der Waals surface area contributed by atoms with E-state index in [4.69, 9.17) is 10.8 Å². The van der Waals surface area contributed by atoms with Gasteiger partial charge < -0.3 is 10.8 Å². The Labute approximate surface area is 61.2 Å². The minimum Gasteiger partial charge on any atom is -0.393 e. The van der Waals surface area contributed by atoms with Gasteiger partial charge in [0.15, 0.2) is 0 Å². The molecule has 0 aliphatic carbocycles. The molecule has 60 valence electrons. The first kappa shape index (κ1) is 9.43. The molecule has 1 amide bonds. The molecule has 0 aliphatic rings. The van der Waals surface area contributed by atoms with E-state index >= 15 is 0 Å². The van der Waals surface area contributed by atoms with Gasteiger partial charge in [-0.25, -0.2) is 0 Å². The second-order valence-corrected chi connectivity index (χ2v) is 2.95. The third kappa shape index (κ3) is 5.56. The van der Waals surface area contributed by atoms with Crippen LogP contribution in [0.25, 0.3) is 0 Å². The molecule has 0 aliphatic heterocycles. The summed E-state index contributed by atoms with van der Waals surface area (Å²) in [6.07, 6.45) is 0.165. The number of aliphatic hydroxyl groups excluding tert-OH is 1. The van der Waals surface area contributed by atoms with Crippen LogP contribution in [0.3, 0.4) is 0 Å². The van der Waals surface area contributed by atoms with E-state index in [0.29, 0.717) is 12.3 Å². The van der Waals surface area contributed by atoms with Crippen LogP contribution in [0.4, 0.5) is 0 Å². The lowest BCUT2D eigenvalue weighted by Gasteiger charge is -2.09. The average Bonchev–Trinajstić information content (AvgIpc) is 1.58. The van der Waals surface area contributed by atoms with Gasteiger partial charge in [-0.1, -0.05) is 13.8 Å². The van der Waals surface area contributed by atoms with Gasteiger partial charge in [-0.15, -0.1) is 0 Å². The average molecular weight is 145 g/mol. The van der Waals surface area contributed by atoms with Gasteiger partial charge >= 0.3 is 0 Å². The standard InChI is InChI=1S/C7H15NO2/c1-5(2)3-6(9)4-7(8)10/h5-6,9H,3-4H2,1-2H3,(H2,8,10). The zero-order valence-corrected chi connectivity index (χ0v) is 6.50. The second-order valence-electron chi connectivity index (χ2n) is 2.95. The van der Waals surface area contributed by atoms with Crippen molar-refractivity contribution >= 4 is 5.91 Å². The van der Waals surface area contributed by atoms with Crippen molar-refractivity contribution in [1.82, 2.24) is 0 Å². The molecular weight excluding hydrogens is 130 g/mol. The van der Waals surface area contributed by atoms with Gasteiger partial charge in [-0.05, 0) is 12.3 Å². The Morgan fingerprint density at radius 1 is 1.60 bits per heavy atom. The Bertz CT molecular complexity index is 112. The van der Waals surface area contributed by atoms with E-state index in [1.807, 2.05) is 13.8 Å². The summed E-state index contributed by atoms with van der Waals surface area (Å²) < 4.78 is 0. The van der Waals surface area contributed by atoms with Crippen LogP contribution in [0.2, 0.25) is 0 Å². The van der Waals surface area contributed by atoms with Crippen LogP contribution in [0, 0.1) is 5.92 Å². The van der Waals surface area contributed by atoms with Crippen LogP contribution >= 0.6 is 0 Å². The van der Waals surface area contributed by atoms with E-state index in [1.54, 1.807) is 0 Å². The predicted molar refractivity (Wildman–Crippen MR) is 39.3 cm³/mol. The number of rotatable bonds is 4. The summed E-state index contributed by atoms with van der Waals surface area (Å²) in [5.41, 5.74) is 4.87. The number of nitrogens with two attached hydrogens (primary N) is 1. The SMILES string of the molecule is CC(C)CC(O)CC(N)=O. The van der Waals surface area contributed by atoms with E-state index < -0.39 is 12.0 Å². The largest absolute Gasteiger partial charge is 0.393 e. The normalized spacial score (nSPS) is 13.6. The van der Waals surface area contributed by atoms with Crippen molar-refractivity contribution < 1.29 is 9.90 Å². The molecule has 0 saturated heterocycles. The maximum absolute atomic E-state index is 10.3. The van der Waals surface area contributed by atoms with Crippen molar-refractivity contribution in [1.29, 1.82) is 0 Å². The van der Waals surface area contributed by atoms with Crippen molar-refractivity contribution in [2.45, 2.75) is 32.8 Å². The molecule has 0 aromatic heterocycles. The lowest BCUT2D eigenvalue weighted by Crippen LogP contribution is -2.21. The molecule has 0 radical (unpaired) electrons. The summed E-state index contributed by atoms with van der Waals surface area (Å²) in [4.78, 5) is 10.3. The van der Waals surface area contributed by atoms with Gasteiger partial charge in [-0.2, -0.15) is 0 Å². The van der Waals surface area contributed by atoms with E-state index in [9.17, 15) is 4.79 Å². The fourth-order valence-electron chi connectivity index (χ4n) is 0.860. The van der Waals surface area contributed by atoms with Crippen molar-refractivity contribution in [3.05, 3.63) is 0 Å². The van der Waals surface area contributed by atoms with E-state index in [2.05, 4.69) is 0 Å². The smallest absolute Gasteiger partial charge is 0.220 e. The Morgan fingerprint density at radius 2 is 2.10 bits per heavy atom. The Balaban J connectivity index is 3.43. The molecule has 1 unspecified atom stereocenters. The van der Waals surface area contributed by atoms with E-state index in [1.165, 1.54) is 0 Å². The van der Waals surface area contributed by atoms with E-state index in [-0.39, 0.29) is 6.42 Å².